The maximum Gasteiger partial charge on any atom is 0.305 e. The molecule has 0 rings (SSSR count). The lowest BCUT2D eigenvalue weighted by Gasteiger charge is -2.11. The molecule has 2 heteroatoms. The quantitative estimate of drug-likeness (QED) is 0.147. The predicted molar refractivity (Wildman–Crippen MR) is 119 cm³/mol. The Balaban J connectivity index is 3.19. The van der Waals surface area contributed by atoms with Gasteiger partial charge in [0.2, 0.25) is 0 Å². The highest BCUT2D eigenvalue weighted by Gasteiger charge is 2.07. The minimum Gasteiger partial charge on any atom is -0.465 e. The summed E-state index contributed by atoms with van der Waals surface area (Å²) in [6.45, 7) is 7.27. The fourth-order valence-electron chi connectivity index (χ4n) is 3.58. The van der Waals surface area contributed by atoms with Crippen LogP contribution < -0.4 is 0 Å². The minimum atomic E-state index is 0.00745. The first kappa shape index (κ1) is 26.5. The van der Waals surface area contributed by atoms with Crippen LogP contribution in [0.3, 0.4) is 0 Å². The van der Waals surface area contributed by atoms with Crippen LogP contribution in [0.2, 0.25) is 0 Å². The van der Waals surface area contributed by atoms with Gasteiger partial charge in [-0.15, -0.1) is 0 Å². The third-order valence-corrected chi connectivity index (χ3v) is 5.56. The van der Waals surface area contributed by atoms with Crippen molar-refractivity contribution in [1.29, 1.82) is 0 Å². The molecular formula is C25H50O2. The maximum absolute atomic E-state index is 11.7. The molecule has 0 aromatic carbocycles. The van der Waals surface area contributed by atoms with E-state index in [9.17, 15) is 4.79 Å². The smallest absolute Gasteiger partial charge is 0.305 e. The lowest BCUT2D eigenvalue weighted by Crippen LogP contribution is -2.11. The number of ether oxygens (including phenoxy) is 1. The highest BCUT2D eigenvalue weighted by molar-refractivity contribution is 5.69. The molecule has 0 heterocycles. The van der Waals surface area contributed by atoms with Crippen molar-refractivity contribution in [2.24, 2.45) is 5.92 Å². The van der Waals surface area contributed by atoms with Crippen LogP contribution in [0.15, 0.2) is 0 Å². The largest absolute Gasteiger partial charge is 0.465 e. The normalized spacial score (nSPS) is 12.3. The van der Waals surface area contributed by atoms with E-state index >= 15 is 0 Å². The van der Waals surface area contributed by atoms with E-state index in [1.165, 1.54) is 109 Å². The van der Waals surface area contributed by atoms with E-state index in [2.05, 4.69) is 20.8 Å². The van der Waals surface area contributed by atoms with Crippen molar-refractivity contribution in [3.05, 3.63) is 0 Å². The molecule has 162 valence electrons. The zero-order valence-corrected chi connectivity index (χ0v) is 19.0. The second-order valence-electron chi connectivity index (χ2n) is 8.63. The molecule has 0 fully saturated rings. The Morgan fingerprint density at radius 2 is 1.04 bits per heavy atom. The Labute approximate surface area is 171 Å². The molecule has 1 atom stereocenters. The van der Waals surface area contributed by atoms with Gasteiger partial charge in [0.25, 0.3) is 0 Å². The number of esters is 1. The molecule has 27 heavy (non-hydrogen) atoms. The van der Waals surface area contributed by atoms with Crippen molar-refractivity contribution in [1.82, 2.24) is 0 Å². The fraction of sp³-hybridized carbons (Fsp3) is 0.960. The van der Waals surface area contributed by atoms with E-state index in [-0.39, 0.29) is 5.97 Å². The van der Waals surface area contributed by atoms with Crippen molar-refractivity contribution in [3.8, 4) is 0 Å². The highest BCUT2D eigenvalue weighted by Crippen LogP contribution is 2.14. The lowest BCUT2D eigenvalue weighted by atomic mass is 10.0. The summed E-state index contributed by atoms with van der Waals surface area (Å²) in [5.41, 5.74) is 0. The van der Waals surface area contributed by atoms with Crippen molar-refractivity contribution < 1.29 is 9.53 Å². The number of carbonyl (C=O) groups is 1. The Morgan fingerprint density at radius 3 is 1.48 bits per heavy atom. The van der Waals surface area contributed by atoms with Gasteiger partial charge >= 0.3 is 5.97 Å². The first-order valence-corrected chi connectivity index (χ1v) is 12.4. The Bertz CT molecular complexity index is 301. The SMILES string of the molecule is CCCCCCCCCCCCCCCCCC(=O)OCC(C)CCCC. The monoisotopic (exact) mass is 382 g/mol. The van der Waals surface area contributed by atoms with Gasteiger partial charge in [0.1, 0.15) is 0 Å². The zero-order valence-electron chi connectivity index (χ0n) is 19.0. The van der Waals surface area contributed by atoms with Crippen LogP contribution in [-0.2, 0) is 9.53 Å². The van der Waals surface area contributed by atoms with Gasteiger partial charge in [0.15, 0.2) is 0 Å². The molecule has 0 aliphatic heterocycles. The van der Waals surface area contributed by atoms with Crippen LogP contribution >= 0.6 is 0 Å². The molecule has 2 nitrogen and oxygen atoms in total. The van der Waals surface area contributed by atoms with Crippen molar-refractivity contribution in [2.75, 3.05) is 6.61 Å². The summed E-state index contributed by atoms with van der Waals surface area (Å²) in [5, 5.41) is 0. The van der Waals surface area contributed by atoms with E-state index in [0.717, 1.165) is 6.42 Å². The predicted octanol–water partition coefficient (Wildman–Crippen LogP) is 8.62. The van der Waals surface area contributed by atoms with Crippen LogP contribution in [0.5, 0.6) is 0 Å². The Hall–Kier alpha value is -0.530. The third-order valence-electron chi connectivity index (χ3n) is 5.56. The molecule has 0 aromatic rings. The second-order valence-corrected chi connectivity index (χ2v) is 8.63. The van der Waals surface area contributed by atoms with Crippen molar-refractivity contribution in [2.45, 2.75) is 143 Å². The summed E-state index contributed by atoms with van der Waals surface area (Å²) < 4.78 is 5.38. The number of hydrogen-bond donors (Lipinski definition) is 0. The molecule has 0 radical (unpaired) electrons. The number of unbranched alkanes of at least 4 members (excludes halogenated alkanes) is 15. The van der Waals surface area contributed by atoms with E-state index in [1.807, 2.05) is 0 Å². The zero-order chi connectivity index (χ0) is 20.0. The van der Waals surface area contributed by atoms with Gasteiger partial charge in [-0.1, -0.05) is 124 Å². The minimum absolute atomic E-state index is 0.00745. The van der Waals surface area contributed by atoms with E-state index in [4.69, 9.17) is 4.74 Å². The highest BCUT2D eigenvalue weighted by atomic mass is 16.5. The van der Waals surface area contributed by atoms with Crippen molar-refractivity contribution in [3.63, 3.8) is 0 Å². The van der Waals surface area contributed by atoms with Gasteiger partial charge in [-0.05, 0) is 18.8 Å². The summed E-state index contributed by atoms with van der Waals surface area (Å²) in [5.74, 6) is 0.517. The first-order valence-electron chi connectivity index (χ1n) is 12.4. The molecule has 0 spiro atoms. The molecule has 0 bridgehead atoms. The topological polar surface area (TPSA) is 26.3 Å². The third kappa shape index (κ3) is 21.6. The second kappa shape index (κ2) is 21.8. The average Bonchev–Trinajstić information content (AvgIpc) is 2.67. The molecule has 0 aliphatic carbocycles. The van der Waals surface area contributed by atoms with Gasteiger partial charge in [-0.3, -0.25) is 4.79 Å². The molecule has 0 aromatic heterocycles. The number of rotatable bonds is 21. The van der Waals surface area contributed by atoms with Crippen LogP contribution in [0, 0.1) is 5.92 Å². The van der Waals surface area contributed by atoms with E-state index < -0.39 is 0 Å². The average molecular weight is 383 g/mol. The van der Waals surface area contributed by atoms with Crippen molar-refractivity contribution >= 4 is 5.97 Å². The van der Waals surface area contributed by atoms with Gasteiger partial charge < -0.3 is 4.74 Å². The molecule has 1 unspecified atom stereocenters. The first-order chi connectivity index (χ1) is 13.2. The van der Waals surface area contributed by atoms with E-state index in [0.29, 0.717) is 18.9 Å². The summed E-state index contributed by atoms with van der Waals surface area (Å²) in [6, 6.07) is 0. The fourth-order valence-corrected chi connectivity index (χ4v) is 3.58. The van der Waals surface area contributed by atoms with Crippen LogP contribution in [-0.4, -0.2) is 12.6 Å². The molecule has 0 saturated carbocycles. The lowest BCUT2D eigenvalue weighted by molar-refractivity contribution is -0.145. The summed E-state index contributed by atoms with van der Waals surface area (Å²) in [4.78, 5) is 11.7. The van der Waals surface area contributed by atoms with Crippen LogP contribution in [0.4, 0.5) is 0 Å². The van der Waals surface area contributed by atoms with E-state index in [1.54, 1.807) is 0 Å². The number of carbonyl (C=O) groups excluding carboxylic acids is 1. The molecule has 0 amide bonds. The van der Waals surface area contributed by atoms with Gasteiger partial charge in [-0.25, -0.2) is 0 Å². The molecule has 0 aliphatic rings. The summed E-state index contributed by atoms with van der Waals surface area (Å²) in [6.07, 6.45) is 24.6. The van der Waals surface area contributed by atoms with Gasteiger partial charge in [0, 0.05) is 6.42 Å². The van der Waals surface area contributed by atoms with Crippen LogP contribution in [0.25, 0.3) is 0 Å². The Morgan fingerprint density at radius 1 is 0.630 bits per heavy atom. The molecular weight excluding hydrogens is 332 g/mol. The summed E-state index contributed by atoms with van der Waals surface area (Å²) >= 11 is 0. The van der Waals surface area contributed by atoms with Crippen LogP contribution in [0.1, 0.15) is 143 Å². The standard InChI is InChI=1S/C25H50O2/c1-4-6-8-9-10-11-12-13-14-15-16-17-18-19-20-22-25(26)27-23-24(3)21-7-5-2/h24H,4-23H2,1-3H3. The Kier molecular flexibility index (Phi) is 21.3. The molecule has 0 N–H and O–H groups in total. The number of hydrogen-bond acceptors (Lipinski definition) is 2. The van der Waals surface area contributed by atoms with Gasteiger partial charge in [-0.2, -0.15) is 0 Å². The molecule has 0 saturated heterocycles. The maximum atomic E-state index is 11.7. The summed E-state index contributed by atoms with van der Waals surface area (Å²) in [7, 11) is 0. The van der Waals surface area contributed by atoms with Gasteiger partial charge in [0.05, 0.1) is 6.61 Å².